The number of aliphatic carboxylic acids is 2. The first-order chi connectivity index (χ1) is 21.4. The summed E-state index contributed by atoms with van der Waals surface area (Å²) in [5.74, 6) is -3.31. The number of carboxylic acid groups (broad SMARTS) is 2. The fraction of sp³-hybridized carbons (Fsp3) is 0.444. The van der Waals surface area contributed by atoms with Crippen molar-refractivity contribution in [3.05, 3.63) is 112 Å². The Hall–Kier alpha value is -4.08. The number of nitro groups is 1. The number of piperidine rings is 2. The molecule has 9 heteroatoms. The predicted molar refractivity (Wildman–Crippen MR) is 172 cm³/mol. The topological polar surface area (TPSA) is 133 Å². The molecule has 2 fully saturated rings. The molecule has 0 spiro atoms. The zero-order valence-corrected chi connectivity index (χ0v) is 26.3. The van der Waals surface area contributed by atoms with Crippen LogP contribution in [0.15, 0.2) is 84.9 Å². The van der Waals surface area contributed by atoms with Crippen LogP contribution in [0.1, 0.15) is 69.6 Å². The highest BCUT2D eigenvalue weighted by Crippen LogP contribution is 2.59. The first-order valence-electron chi connectivity index (χ1n) is 15.8. The number of hydrogen-bond donors (Lipinski definition) is 3. The van der Waals surface area contributed by atoms with Gasteiger partial charge in [0.15, 0.2) is 0 Å². The number of non-ortho nitro benzene ring substituents is 1. The maximum atomic E-state index is 13.9. The van der Waals surface area contributed by atoms with Gasteiger partial charge < -0.3 is 15.5 Å². The zero-order valence-electron chi connectivity index (χ0n) is 26.3. The molecule has 0 aromatic heterocycles. The molecule has 6 unspecified atom stereocenters. The normalized spacial score (nSPS) is 29.0. The van der Waals surface area contributed by atoms with Crippen molar-refractivity contribution in [2.24, 2.45) is 10.8 Å². The number of nitrogens with zero attached hydrogens (tertiary/aromatic N) is 2. The summed E-state index contributed by atoms with van der Waals surface area (Å²) >= 11 is 0. The molecule has 45 heavy (non-hydrogen) atoms. The predicted octanol–water partition coefficient (Wildman–Crippen LogP) is 6.08. The lowest BCUT2D eigenvalue weighted by atomic mass is 9.49. The van der Waals surface area contributed by atoms with E-state index in [9.17, 15) is 29.9 Å². The highest BCUT2D eigenvalue weighted by Gasteiger charge is 2.68. The van der Waals surface area contributed by atoms with E-state index in [1.165, 1.54) is 29.3 Å². The van der Waals surface area contributed by atoms with Crippen molar-refractivity contribution in [2.45, 2.75) is 76.4 Å². The lowest BCUT2D eigenvalue weighted by Gasteiger charge is -2.61. The Morgan fingerprint density at radius 2 is 1.47 bits per heavy atom. The Morgan fingerprint density at radius 1 is 0.911 bits per heavy atom. The molecule has 0 amide bonds. The summed E-state index contributed by atoms with van der Waals surface area (Å²) in [7, 11) is 0. The summed E-state index contributed by atoms with van der Waals surface area (Å²) in [6.07, 6.45) is 1.96. The van der Waals surface area contributed by atoms with Crippen LogP contribution in [0.3, 0.4) is 0 Å². The second-order valence-electron chi connectivity index (χ2n) is 13.0. The van der Waals surface area contributed by atoms with Crippen LogP contribution >= 0.6 is 0 Å². The van der Waals surface area contributed by atoms with Gasteiger partial charge in [0.1, 0.15) is 5.41 Å². The van der Waals surface area contributed by atoms with Gasteiger partial charge in [0.25, 0.3) is 5.69 Å². The van der Waals surface area contributed by atoms with Gasteiger partial charge in [0.2, 0.25) is 0 Å². The monoisotopic (exact) mass is 613 g/mol. The van der Waals surface area contributed by atoms with E-state index in [-0.39, 0.29) is 11.1 Å². The molecule has 0 aliphatic carbocycles. The molecule has 5 rings (SSSR count). The van der Waals surface area contributed by atoms with Crippen LogP contribution in [0.4, 0.5) is 5.69 Å². The third-order valence-electron chi connectivity index (χ3n) is 11.1. The summed E-state index contributed by atoms with van der Waals surface area (Å²) in [6.45, 7) is 8.33. The van der Waals surface area contributed by atoms with E-state index in [1.54, 1.807) is 19.9 Å². The first kappa shape index (κ1) is 32.3. The highest BCUT2D eigenvalue weighted by atomic mass is 16.6. The average Bonchev–Trinajstić information content (AvgIpc) is 3.04. The fourth-order valence-corrected chi connectivity index (χ4v) is 8.74. The smallest absolute Gasteiger partial charge is 0.313 e. The molecule has 0 saturated carbocycles. The van der Waals surface area contributed by atoms with Crippen LogP contribution in [0.5, 0.6) is 0 Å². The van der Waals surface area contributed by atoms with Crippen molar-refractivity contribution in [2.75, 3.05) is 13.1 Å². The molecule has 2 aliphatic heterocycles. The molecule has 0 radical (unpaired) electrons. The standard InChI is InChI=1S/C36H43N3O6/c1-5-30(38-21-19-35(20-22-38,27-14-8-6-9-15-27)28-16-10-7-11-17-28)36(33(42)43)25(3)37-24(2)34(4,32(40)41)31(36)26-13-12-18-29(23-26)39(44)45/h6-18,23-25,30-31,37H,5,19-22H2,1-4H3,(H,40,41)(H,42,43). The van der Waals surface area contributed by atoms with Crippen molar-refractivity contribution in [1.29, 1.82) is 0 Å². The summed E-state index contributed by atoms with van der Waals surface area (Å²) in [4.78, 5) is 40.7. The Morgan fingerprint density at radius 3 is 1.93 bits per heavy atom. The van der Waals surface area contributed by atoms with E-state index in [0.717, 1.165) is 12.8 Å². The maximum Gasteiger partial charge on any atom is 0.313 e. The minimum atomic E-state index is -1.62. The number of nitrogens with one attached hydrogen (secondary N) is 1. The summed E-state index contributed by atoms with van der Waals surface area (Å²) in [6, 6.07) is 24.9. The van der Waals surface area contributed by atoms with Gasteiger partial charge in [0.05, 0.1) is 10.3 Å². The highest BCUT2D eigenvalue weighted by molar-refractivity contribution is 5.84. The van der Waals surface area contributed by atoms with E-state index in [2.05, 4.69) is 34.5 Å². The number of carbonyl (C=O) groups is 2. The number of likely N-dealkylation sites (tertiary alicyclic amines) is 1. The Bertz CT molecular complexity index is 1500. The number of hydrogen-bond acceptors (Lipinski definition) is 6. The van der Waals surface area contributed by atoms with Crippen molar-refractivity contribution >= 4 is 17.6 Å². The second-order valence-corrected chi connectivity index (χ2v) is 13.0. The third-order valence-corrected chi connectivity index (χ3v) is 11.1. The fourth-order valence-electron chi connectivity index (χ4n) is 8.74. The first-order valence-corrected chi connectivity index (χ1v) is 15.8. The van der Waals surface area contributed by atoms with E-state index in [4.69, 9.17) is 0 Å². The van der Waals surface area contributed by atoms with Crippen LogP contribution in [0.2, 0.25) is 0 Å². The van der Waals surface area contributed by atoms with Crippen LogP contribution in [-0.4, -0.2) is 63.2 Å². The van der Waals surface area contributed by atoms with E-state index >= 15 is 0 Å². The number of carboxylic acids is 2. The lowest BCUT2D eigenvalue weighted by Crippen LogP contribution is -2.74. The van der Waals surface area contributed by atoms with E-state index < -0.39 is 51.7 Å². The molecule has 3 N–H and O–H groups in total. The molecule has 6 atom stereocenters. The van der Waals surface area contributed by atoms with Crippen LogP contribution in [-0.2, 0) is 15.0 Å². The molecule has 0 bridgehead atoms. The molecule has 2 aliphatic rings. The van der Waals surface area contributed by atoms with Crippen LogP contribution < -0.4 is 5.32 Å². The van der Waals surface area contributed by atoms with Gasteiger partial charge in [-0.15, -0.1) is 0 Å². The van der Waals surface area contributed by atoms with Crippen LogP contribution in [0.25, 0.3) is 0 Å². The van der Waals surface area contributed by atoms with Crippen molar-refractivity contribution in [3.8, 4) is 0 Å². The van der Waals surface area contributed by atoms with Gasteiger partial charge in [-0.1, -0.05) is 79.7 Å². The van der Waals surface area contributed by atoms with Crippen LogP contribution in [0, 0.1) is 20.9 Å². The molecule has 3 aromatic carbocycles. The SMILES string of the molecule is CCC(N1CCC(c2ccccc2)(c2ccccc2)CC1)C1(C(=O)O)C(C)NC(C)C(C)(C(=O)O)C1c1cccc([N+](=O)[O-])c1. The average molecular weight is 614 g/mol. The van der Waals surface area contributed by atoms with Gasteiger partial charge in [0, 0.05) is 41.6 Å². The Kier molecular flexibility index (Phi) is 8.88. The number of nitro benzene ring substituents is 1. The molecule has 238 valence electrons. The number of rotatable bonds is 9. The molecule has 2 heterocycles. The molecular weight excluding hydrogens is 570 g/mol. The molecular formula is C36H43N3O6. The summed E-state index contributed by atoms with van der Waals surface area (Å²) < 4.78 is 0. The molecule has 3 aromatic rings. The maximum absolute atomic E-state index is 13.9. The third kappa shape index (κ3) is 5.12. The van der Waals surface area contributed by atoms with Gasteiger partial charge in [-0.05, 0) is 69.8 Å². The largest absolute Gasteiger partial charge is 0.481 e. The molecule has 2 saturated heterocycles. The Balaban J connectivity index is 1.65. The van der Waals surface area contributed by atoms with Gasteiger partial charge in [-0.25, -0.2) is 0 Å². The van der Waals surface area contributed by atoms with Crippen molar-refractivity contribution in [3.63, 3.8) is 0 Å². The van der Waals surface area contributed by atoms with E-state index in [0.29, 0.717) is 25.1 Å². The molecule has 9 nitrogen and oxygen atoms in total. The zero-order chi connectivity index (χ0) is 32.6. The lowest BCUT2D eigenvalue weighted by molar-refractivity contribution is -0.385. The van der Waals surface area contributed by atoms with Gasteiger partial charge in [-0.2, -0.15) is 0 Å². The van der Waals surface area contributed by atoms with E-state index in [1.807, 2.05) is 50.2 Å². The quantitative estimate of drug-likeness (QED) is 0.195. The number of benzene rings is 3. The Labute approximate surface area is 264 Å². The van der Waals surface area contributed by atoms with Crippen molar-refractivity contribution < 1.29 is 24.7 Å². The minimum absolute atomic E-state index is 0.195. The minimum Gasteiger partial charge on any atom is -0.481 e. The second kappa shape index (κ2) is 12.4. The van der Waals surface area contributed by atoms with Gasteiger partial charge in [-0.3, -0.25) is 24.6 Å². The summed E-state index contributed by atoms with van der Waals surface area (Å²) in [5.41, 5.74) is -0.870. The van der Waals surface area contributed by atoms with Crippen molar-refractivity contribution in [1.82, 2.24) is 10.2 Å². The summed E-state index contributed by atoms with van der Waals surface area (Å²) in [5, 5.41) is 37.4. The van der Waals surface area contributed by atoms with Gasteiger partial charge >= 0.3 is 11.9 Å².